The first-order valence-electron chi connectivity index (χ1n) is 9.64. The van der Waals surface area contributed by atoms with E-state index in [1.807, 2.05) is 29.3 Å². The first kappa shape index (κ1) is 18.5. The molecule has 6 heteroatoms. The zero-order valence-electron chi connectivity index (χ0n) is 15.6. The van der Waals surface area contributed by atoms with Crippen LogP contribution in [-0.2, 0) is 11.2 Å². The number of nitrogens with zero attached hydrogens (tertiary/aromatic N) is 1. The molecule has 1 amide bonds. The van der Waals surface area contributed by atoms with E-state index in [0.717, 1.165) is 48.0 Å². The highest BCUT2D eigenvalue weighted by molar-refractivity contribution is 5.84. The number of hydrogen-bond donors (Lipinski definition) is 2. The molecule has 0 spiro atoms. The Morgan fingerprint density at radius 3 is 2.89 bits per heavy atom. The van der Waals surface area contributed by atoms with E-state index in [2.05, 4.69) is 16.4 Å². The quantitative estimate of drug-likeness (QED) is 0.682. The standard InChI is InChI=1S/C22H23F2N3O/c23-19-9-8-16(12-20(19)24)26-17-4-3-11-27(14-17)22(28)10-7-15-13-25-21-6-2-1-5-18(15)21/h1-2,5-6,8-9,12-13,17,25-26H,3-4,7,10-11,14H2/t17-/m1/s1. The molecule has 1 atom stereocenters. The van der Waals surface area contributed by atoms with Crippen molar-refractivity contribution in [2.75, 3.05) is 18.4 Å². The molecule has 1 aliphatic rings. The van der Waals surface area contributed by atoms with Crippen LogP contribution in [0.25, 0.3) is 10.9 Å². The van der Waals surface area contributed by atoms with Crippen LogP contribution in [0.4, 0.5) is 14.5 Å². The predicted octanol–water partition coefficient (Wildman–Crippen LogP) is 4.48. The molecule has 2 aromatic carbocycles. The van der Waals surface area contributed by atoms with Crippen molar-refractivity contribution >= 4 is 22.5 Å². The van der Waals surface area contributed by atoms with Crippen LogP contribution in [0.3, 0.4) is 0 Å². The first-order chi connectivity index (χ1) is 13.6. The smallest absolute Gasteiger partial charge is 0.222 e. The SMILES string of the molecule is O=C(CCc1c[nH]c2ccccc12)N1CCC[C@@H](Nc2ccc(F)c(F)c2)C1. The summed E-state index contributed by atoms with van der Waals surface area (Å²) < 4.78 is 26.5. The van der Waals surface area contributed by atoms with Crippen molar-refractivity contribution in [3.8, 4) is 0 Å². The molecular formula is C22H23F2N3O. The molecule has 1 aromatic heterocycles. The van der Waals surface area contributed by atoms with Crippen molar-refractivity contribution < 1.29 is 13.6 Å². The van der Waals surface area contributed by atoms with Gasteiger partial charge in [0.2, 0.25) is 5.91 Å². The highest BCUT2D eigenvalue weighted by atomic mass is 19.2. The molecule has 0 radical (unpaired) electrons. The molecule has 146 valence electrons. The second-order valence-electron chi connectivity index (χ2n) is 7.31. The van der Waals surface area contributed by atoms with Gasteiger partial charge in [0.05, 0.1) is 0 Å². The van der Waals surface area contributed by atoms with Gasteiger partial charge in [-0.3, -0.25) is 4.79 Å². The number of hydrogen-bond acceptors (Lipinski definition) is 2. The maximum atomic E-state index is 13.4. The number of piperidine rings is 1. The highest BCUT2D eigenvalue weighted by Gasteiger charge is 2.23. The van der Waals surface area contributed by atoms with Crippen molar-refractivity contribution in [1.82, 2.24) is 9.88 Å². The Morgan fingerprint density at radius 2 is 2.04 bits per heavy atom. The summed E-state index contributed by atoms with van der Waals surface area (Å²) in [6.45, 7) is 1.31. The molecule has 4 rings (SSSR count). The van der Waals surface area contributed by atoms with Crippen molar-refractivity contribution in [2.24, 2.45) is 0 Å². The number of aryl methyl sites for hydroxylation is 1. The van der Waals surface area contributed by atoms with E-state index < -0.39 is 11.6 Å². The number of benzene rings is 2. The number of para-hydroxylation sites is 1. The Morgan fingerprint density at radius 1 is 1.18 bits per heavy atom. The van der Waals surface area contributed by atoms with Gasteiger partial charge in [0.25, 0.3) is 0 Å². The Labute approximate surface area is 162 Å². The Hall–Kier alpha value is -2.89. The van der Waals surface area contributed by atoms with Gasteiger partial charge in [-0.25, -0.2) is 8.78 Å². The van der Waals surface area contributed by atoms with Gasteiger partial charge in [0, 0.05) is 54.4 Å². The van der Waals surface area contributed by atoms with Crippen LogP contribution in [0.5, 0.6) is 0 Å². The third-order valence-electron chi connectivity index (χ3n) is 5.35. The van der Waals surface area contributed by atoms with Gasteiger partial charge in [-0.15, -0.1) is 0 Å². The van der Waals surface area contributed by atoms with Gasteiger partial charge < -0.3 is 15.2 Å². The number of H-pyrrole nitrogens is 1. The summed E-state index contributed by atoms with van der Waals surface area (Å²) in [5.41, 5.74) is 2.77. The second kappa shape index (κ2) is 8.00. The lowest BCUT2D eigenvalue weighted by atomic mass is 10.0. The average Bonchev–Trinajstić information content (AvgIpc) is 3.12. The fourth-order valence-corrected chi connectivity index (χ4v) is 3.88. The fourth-order valence-electron chi connectivity index (χ4n) is 3.88. The largest absolute Gasteiger partial charge is 0.380 e. The van der Waals surface area contributed by atoms with Gasteiger partial charge in [-0.1, -0.05) is 18.2 Å². The van der Waals surface area contributed by atoms with Crippen LogP contribution < -0.4 is 5.32 Å². The Balaban J connectivity index is 1.34. The average molecular weight is 383 g/mol. The number of nitrogens with one attached hydrogen (secondary N) is 2. The number of aromatic amines is 1. The lowest BCUT2D eigenvalue weighted by Gasteiger charge is -2.34. The van der Waals surface area contributed by atoms with Crippen LogP contribution in [0.1, 0.15) is 24.8 Å². The molecule has 0 bridgehead atoms. The van der Waals surface area contributed by atoms with Crippen LogP contribution in [0.15, 0.2) is 48.7 Å². The highest BCUT2D eigenvalue weighted by Crippen LogP contribution is 2.21. The van der Waals surface area contributed by atoms with E-state index in [1.165, 1.54) is 6.07 Å². The van der Waals surface area contributed by atoms with Crippen molar-refractivity contribution in [3.63, 3.8) is 0 Å². The normalized spacial score (nSPS) is 17.1. The number of aromatic nitrogens is 1. The molecule has 0 unspecified atom stereocenters. The first-order valence-corrected chi connectivity index (χ1v) is 9.64. The van der Waals surface area contributed by atoms with E-state index in [4.69, 9.17) is 0 Å². The summed E-state index contributed by atoms with van der Waals surface area (Å²) in [6, 6.07) is 11.9. The van der Waals surface area contributed by atoms with Crippen LogP contribution >= 0.6 is 0 Å². The van der Waals surface area contributed by atoms with Crippen molar-refractivity contribution in [2.45, 2.75) is 31.7 Å². The van der Waals surface area contributed by atoms with Gasteiger partial charge in [0.15, 0.2) is 11.6 Å². The number of likely N-dealkylation sites (tertiary alicyclic amines) is 1. The second-order valence-corrected chi connectivity index (χ2v) is 7.31. The minimum Gasteiger partial charge on any atom is -0.380 e. The molecule has 1 aliphatic heterocycles. The lowest BCUT2D eigenvalue weighted by Crippen LogP contribution is -2.45. The molecular weight excluding hydrogens is 360 g/mol. The maximum absolute atomic E-state index is 13.4. The third kappa shape index (κ3) is 4.01. The van der Waals surface area contributed by atoms with Crippen LogP contribution in [0.2, 0.25) is 0 Å². The number of rotatable bonds is 5. The summed E-state index contributed by atoms with van der Waals surface area (Å²) in [5, 5.41) is 4.38. The zero-order valence-corrected chi connectivity index (χ0v) is 15.6. The molecule has 3 aromatic rings. The van der Waals surface area contributed by atoms with Gasteiger partial charge in [-0.2, -0.15) is 0 Å². The van der Waals surface area contributed by atoms with Crippen molar-refractivity contribution in [3.05, 3.63) is 65.9 Å². The Bertz CT molecular complexity index is 985. The number of amides is 1. The van der Waals surface area contributed by atoms with E-state index in [1.54, 1.807) is 0 Å². The van der Waals surface area contributed by atoms with E-state index >= 15 is 0 Å². The van der Waals surface area contributed by atoms with Gasteiger partial charge in [-0.05, 0) is 43.0 Å². The zero-order chi connectivity index (χ0) is 19.5. The molecule has 2 N–H and O–H groups in total. The minimum atomic E-state index is -0.868. The Kier molecular flexibility index (Phi) is 5.28. The van der Waals surface area contributed by atoms with Crippen LogP contribution in [0, 0.1) is 11.6 Å². The van der Waals surface area contributed by atoms with Crippen molar-refractivity contribution in [1.29, 1.82) is 0 Å². The van der Waals surface area contributed by atoms with Crippen LogP contribution in [-0.4, -0.2) is 34.9 Å². The summed E-state index contributed by atoms with van der Waals surface area (Å²) in [5.74, 6) is -1.60. The molecule has 0 saturated carbocycles. The summed E-state index contributed by atoms with van der Waals surface area (Å²) in [7, 11) is 0. The summed E-state index contributed by atoms with van der Waals surface area (Å²) in [4.78, 5) is 17.8. The molecule has 0 aliphatic carbocycles. The third-order valence-corrected chi connectivity index (χ3v) is 5.35. The number of carbonyl (C=O) groups is 1. The number of fused-ring (bicyclic) bond motifs is 1. The molecule has 28 heavy (non-hydrogen) atoms. The number of halogens is 2. The molecule has 2 heterocycles. The van der Waals surface area contributed by atoms with E-state index in [0.29, 0.717) is 25.1 Å². The maximum Gasteiger partial charge on any atom is 0.222 e. The molecule has 4 nitrogen and oxygen atoms in total. The monoisotopic (exact) mass is 383 g/mol. The molecule has 1 saturated heterocycles. The van der Waals surface area contributed by atoms with E-state index in [9.17, 15) is 13.6 Å². The fraction of sp³-hybridized carbons (Fsp3) is 0.318. The number of anilines is 1. The minimum absolute atomic E-state index is 0.0376. The molecule has 1 fully saturated rings. The van der Waals surface area contributed by atoms with Gasteiger partial charge in [0.1, 0.15) is 0 Å². The number of carbonyl (C=O) groups excluding carboxylic acids is 1. The van der Waals surface area contributed by atoms with E-state index in [-0.39, 0.29) is 11.9 Å². The summed E-state index contributed by atoms with van der Waals surface area (Å²) in [6.07, 6.45) is 4.91. The van der Waals surface area contributed by atoms with Gasteiger partial charge >= 0.3 is 0 Å². The summed E-state index contributed by atoms with van der Waals surface area (Å²) >= 11 is 0. The lowest BCUT2D eigenvalue weighted by molar-refractivity contribution is -0.132. The topological polar surface area (TPSA) is 48.1 Å². The predicted molar refractivity (Wildman–Crippen MR) is 106 cm³/mol.